The summed E-state index contributed by atoms with van der Waals surface area (Å²) in [4.78, 5) is 35.9. The zero-order valence-electron chi connectivity index (χ0n) is 15.7. The van der Waals surface area contributed by atoms with E-state index < -0.39 is 0 Å². The summed E-state index contributed by atoms with van der Waals surface area (Å²) in [5.41, 5.74) is 1.58. The van der Waals surface area contributed by atoms with Crippen LogP contribution in [0.15, 0.2) is 48.5 Å². The normalized spacial score (nSPS) is 12.8. The third-order valence-electron chi connectivity index (χ3n) is 4.42. The number of benzene rings is 2. The van der Waals surface area contributed by atoms with Gasteiger partial charge in [0.2, 0.25) is 5.91 Å². The van der Waals surface area contributed by atoms with Gasteiger partial charge in [-0.25, -0.2) is 0 Å². The van der Waals surface area contributed by atoms with Gasteiger partial charge >= 0.3 is 0 Å². The Morgan fingerprint density at radius 1 is 0.857 bits per heavy atom. The van der Waals surface area contributed by atoms with Gasteiger partial charge in [-0.15, -0.1) is 0 Å². The van der Waals surface area contributed by atoms with E-state index in [4.69, 9.17) is 4.74 Å². The lowest BCUT2D eigenvalue weighted by Crippen LogP contribution is -2.35. The summed E-state index contributed by atoms with van der Waals surface area (Å²) in [6, 6.07) is 13.4. The highest BCUT2D eigenvalue weighted by molar-refractivity contribution is 6.04. The Hall–Kier alpha value is -3.35. The molecule has 7 nitrogen and oxygen atoms in total. The third kappa shape index (κ3) is 5.33. The maximum Gasteiger partial charge on any atom is 0.255 e. The van der Waals surface area contributed by atoms with Gasteiger partial charge in [0.05, 0.1) is 7.11 Å². The smallest absolute Gasteiger partial charge is 0.255 e. The van der Waals surface area contributed by atoms with Crippen LogP contribution >= 0.6 is 0 Å². The Bertz CT molecular complexity index is 843. The lowest BCUT2D eigenvalue weighted by atomic mass is 10.1. The lowest BCUT2D eigenvalue weighted by molar-refractivity contribution is -0.122. The Labute approximate surface area is 163 Å². The number of carbonyl (C=O) groups excluding carboxylic acids is 3. The van der Waals surface area contributed by atoms with Crippen LogP contribution in [0.1, 0.15) is 33.6 Å². The van der Waals surface area contributed by atoms with Crippen molar-refractivity contribution in [3.63, 3.8) is 0 Å². The molecule has 0 bridgehead atoms. The minimum Gasteiger partial charge on any atom is -0.497 e. The first kappa shape index (κ1) is 19.4. The number of carbonyl (C=O) groups is 3. The minimum absolute atomic E-state index is 0.0613. The molecule has 0 unspecified atom stereocenters. The average molecular weight is 381 g/mol. The monoisotopic (exact) mass is 381 g/mol. The predicted molar refractivity (Wildman–Crippen MR) is 105 cm³/mol. The van der Waals surface area contributed by atoms with Crippen LogP contribution < -0.4 is 20.7 Å². The molecule has 0 heterocycles. The maximum absolute atomic E-state index is 12.2. The van der Waals surface area contributed by atoms with Crippen molar-refractivity contribution in [2.75, 3.05) is 25.5 Å². The Balaban J connectivity index is 1.45. The number of nitrogens with one attached hydrogen (secondary N) is 3. The summed E-state index contributed by atoms with van der Waals surface area (Å²) in [6.07, 6.45) is 1.92. The molecule has 0 aliphatic heterocycles. The number of hydrogen-bond donors (Lipinski definition) is 3. The third-order valence-corrected chi connectivity index (χ3v) is 4.42. The quantitative estimate of drug-likeness (QED) is 0.611. The zero-order valence-corrected chi connectivity index (χ0v) is 15.7. The molecule has 2 aromatic rings. The molecule has 1 saturated carbocycles. The van der Waals surface area contributed by atoms with E-state index in [1.165, 1.54) is 0 Å². The molecule has 28 heavy (non-hydrogen) atoms. The summed E-state index contributed by atoms with van der Waals surface area (Å²) < 4.78 is 5.07. The van der Waals surface area contributed by atoms with E-state index in [0.717, 1.165) is 12.8 Å². The van der Waals surface area contributed by atoms with E-state index in [9.17, 15) is 14.4 Å². The van der Waals surface area contributed by atoms with E-state index in [0.29, 0.717) is 35.7 Å². The van der Waals surface area contributed by atoms with Gasteiger partial charge in [0, 0.05) is 35.8 Å². The Morgan fingerprint density at radius 3 is 2.04 bits per heavy atom. The van der Waals surface area contributed by atoms with E-state index in [1.807, 2.05) is 0 Å². The molecular weight excluding hydrogens is 358 g/mol. The minimum atomic E-state index is -0.244. The first-order chi connectivity index (χ1) is 13.6. The van der Waals surface area contributed by atoms with Crippen LogP contribution in [-0.4, -0.2) is 37.9 Å². The molecule has 1 aliphatic carbocycles. The van der Waals surface area contributed by atoms with Crippen molar-refractivity contribution in [2.45, 2.75) is 12.8 Å². The highest BCUT2D eigenvalue weighted by Crippen LogP contribution is 2.28. The van der Waals surface area contributed by atoms with Gasteiger partial charge in [0.15, 0.2) is 0 Å². The van der Waals surface area contributed by atoms with Crippen molar-refractivity contribution in [3.05, 3.63) is 59.7 Å². The second-order valence-corrected chi connectivity index (χ2v) is 6.58. The van der Waals surface area contributed by atoms with Gasteiger partial charge in [-0.1, -0.05) is 0 Å². The second kappa shape index (κ2) is 9.03. The van der Waals surface area contributed by atoms with E-state index in [1.54, 1.807) is 55.6 Å². The molecule has 1 fully saturated rings. The van der Waals surface area contributed by atoms with Crippen molar-refractivity contribution in [1.82, 2.24) is 10.6 Å². The molecule has 0 spiro atoms. The summed E-state index contributed by atoms with van der Waals surface area (Å²) >= 11 is 0. The van der Waals surface area contributed by atoms with Gasteiger partial charge in [0.1, 0.15) is 5.75 Å². The van der Waals surface area contributed by atoms with Crippen LogP contribution in [0.2, 0.25) is 0 Å². The molecule has 0 aromatic heterocycles. The largest absolute Gasteiger partial charge is 0.497 e. The fraction of sp³-hybridized carbons (Fsp3) is 0.286. The molecule has 1 aliphatic rings. The zero-order chi connectivity index (χ0) is 19.9. The van der Waals surface area contributed by atoms with Crippen molar-refractivity contribution in [1.29, 1.82) is 0 Å². The van der Waals surface area contributed by atoms with Gasteiger partial charge < -0.3 is 20.7 Å². The van der Waals surface area contributed by atoms with Crippen molar-refractivity contribution >= 4 is 23.4 Å². The fourth-order valence-electron chi connectivity index (χ4n) is 2.60. The van der Waals surface area contributed by atoms with Crippen molar-refractivity contribution < 1.29 is 19.1 Å². The fourth-order valence-corrected chi connectivity index (χ4v) is 2.60. The Kier molecular flexibility index (Phi) is 6.26. The molecule has 7 heteroatoms. The SMILES string of the molecule is COc1ccc(C(=O)Nc2ccc(C(=O)NCCNC(=O)C3CC3)cc2)cc1. The molecule has 146 valence electrons. The number of amides is 3. The first-order valence-corrected chi connectivity index (χ1v) is 9.18. The number of ether oxygens (including phenoxy) is 1. The van der Waals surface area contributed by atoms with Gasteiger partial charge in [-0.2, -0.15) is 0 Å². The first-order valence-electron chi connectivity index (χ1n) is 9.18. The summed E-state index contributed by atoms with van der Waals surface area (Å²) in [5.74, 6) is 0.432. The Morgan fingerprint density at radius 2 is 1.43 bits per heavy atom. The van der Waals surface area contributed by atoms with Gasteiger partial charge in [-0.3, -0.25) is 14.4 Å². The molecule has 2 aromatic carbocycles. The number of hydrogen-bond acceptors (Lipinski definition) is 4. The van der Waals surface area contributed by atoms with Crippen LogP contribution in [-0.2, 0) is 4.79 Å². The molecule has 3 rings (SSSR count). The average Bonchev–Trinajstić information content (AvgIpc) is 3.57. The topological polar surface area (TPSA) is 96.5 Å². The molecule has 0 radical (unpaired) electrons. The van der Waals surface area contributed by atoms with Crippen LogP contribution in [0.3, 0.4) is 0 Å². The van der Waals surface area contributed by atoms with E-state index in [2.05, 4.69) is 16.0 Å². The standard InChI is InChI=1S/C21H23N3O4/c1-28-18-10-6-16(7-11-18)21(27)24-17-8-4-15(5-9-17)20(26)23-13-12-22-19(25)14-2-3-14/h4-11,14H,2-3,12-13H2,1H3,(H,22,25)(H,23,26)(H,24,27). The van der Waals surface area contributed by atoms with E-state index in [-0.39, 0.29) is 23.6 Å². The van der Waals surface area contributed by atoms with Crippen molar-refractivity contribution in [2.24, 2.45) is 5.92 Å². The summed E-state index contributed by atoms with van der Waals surface area (Å²) in [5, 5.41) is 8.34. The summed E-state index contributed by atoms with van der Waals surface area (Å²) in [7, 11) is 1.57. The second-order valence-electron chi connectivity index (χ2n) is 6.58. The molecule has 3 amide bonds. The molecule has 3 N–H and O–H groups in total. The lowest BCUT2D eigenvalue weighted by Gasteiger charge is -2.09. The number of anilines is 1. The van der Waals surface area contributed by atoms with Crippen LogP contribution in [0, 0.1) is 5.92 Å². The number of methoxy groups -OCH3 is 1. The highest BCUT2D eigenvalue weighted by atomic mass is 16.5. The predicted octanol–water partition coefficient (Wildman–Crippen LogP) is 2.20. The van der Waals surface area contributed by atoms with Gasteiger partial charge in [-0.05, 0) is 61.4 Å². The summed E-state index contributed by atoms with van der Waals surface area (Å²) in [6.45, 7) is 0.782. The van der Waals surface area contributed by atoms with Crippen LogP contribution in [0.5, 0.6) is 5.75 Å². The number of rotatable bonds is 8. The van der Waals surface area contributed by atoms with Gasteiger partial charge in [0.25, 0.3) is 11.8 Å². The molecular formula is C21H23N3O4. The molecule has 0 atom stereocenters. The maximum atomic E-state index is 12.2. The highest BCUT2D eigenvalue weighted by Gasteiger charge is 2.28. The van der Waals surface area contributed by atoms with E-state index >= 15 is 0 Å². The molecule has 0 saturated heterocycles. The van der Waals surface area contributed by atoms with Crippen LogP contribution in [0.4, 0.5) is 5.69 Å². The van der Waals surface area contributed by atoms with Crippen molar-refractivity contribution in [3.8, 4) is 5.75 Å². The van der Waals surface area contributed by atoms with Crippen LogP contribution in [0.25, 0.3) is 0 Å².